The molecule has 0 heterocycles. The van der Waals surface area contributed by atoms with Gasteiger partial charge in [-0.2, -0.15) is 0 Å². The molecule has 0 saturated heterocycles. The van der Waals surface area contributed by atoms with Crippen LogP contribution >= 0.6 is 0 Å². The summed E-state index contributed by atoms with van der Waals surface area (Å²) in [4.78, 5) is 0.418. The average Bonchev–Trinajstić information content (AvgIpc) is 2.40. The van der Waals surface area contributed by atoms with Gasteiger partial charge in [0, 0.05) is 18.8 Å². The summed E-state index contributed by atoms with van der Waals surface area (Å²) < 4.78 is 27.6. The largest absolute Gasteiger partial charge is 0.385 e. The Balaban J connectivity index is 2.91. The van der Waals surface area contributed by atoms with E-state index in [0.29, 0.717) is 11.4 Å². The molecule has 0 saturated carbocycles. The van der Waals surface area contributed by atoms with E-state index in [2.05, 4.69) is 23.9 Å². The van der Waals surface area contributed by atoms with Crippen LogP contribution in [0.2, 0.25) is 0 Å². The van der Waals surface area contributed by atoms with E-state index in [0.717, 1.165) is 49.0 Å². The third-order valence-electron chi connectivity index (χ3n) is 3.38. The molecule has 0 atom stereocenters. The Hall–Kier alpha value is -1.07. The fourth-order valence-electron chi connectivity index (χ4n) is 2.40. The molecule has 0 aliphatic heterocycles. The topological polar surface area (TPSA) is 58.2 Å². The fourth-order valence-corrected chi connectivity index (χ4v) is 3.92. The van der Waals surface area contributed by atoms with Crippen LogP contribution in [0.1, 0.15) is 50.7 Å². The third kappa shape index (κ3) is 5.32. The maximum atomic E-state index is 12.4. The number of hydrogen-bond donors (Lipinski definition) is 2. The average molecular weight is 312 g/mol. The zero-order valence-electron chi connectivity index (χ0n) is 13.6. The van der Waals surface area contributed by atoms with Crippen LogP contribution in [0.25, 0.3) is 0 Å². The maximum absolute atomic E-state index is 12.4. The van der Waals surface area contributed by atoms with E-state index in [-0.39, 0.29) is 0 Å². The van der Waals surface area contributed by atoms with E-state index in [1.165, 1.54) is 0 Å². The molecule has 0 fully saturated rings. The van der Waals surface area contributed by atoms with Gasteiger partial charge in [0.25, 0.3) is 0 Å². The van der Waals surface area contributed by atoms with E-state index in [4.69, 9.17) is 0 Å². The molecule has 21 heavy (non-hydrogen) atoms. The molecule has 5 heteroatoms. The summed E-state index contributed by atoms with van der Waals surface area (Å²) >= 11 is 0. The normalized spacial score (nSPS) is 11.6. The third-order valence-corrected chi connectivity index (χ3v) is 5.15. The lowest BCUT2D eigenvalue weighted by molar-refractivity contribution is 0.575. The summed E-state index contributed by atoms with van der Waals surface area (Å²) in [6, 6.07) is 3.81. The zero-order valence-corrected chi connectivity index (χ0v) is 14.4. The van der Waals surface area contributed by atoms with Crippen LogP contribution in [0.3, 0.4) is 0 Å². The summed E-state index contributed by atoms with van der Waals surface area (Å²) in [5.41, 5.74) is 2.56. The monoisotopic (exact) mass is 312 g/mol. The first-order chi connectivity index (χ1) is 9.92. The summed E-state index contributed by atoms with van der Waals surface area (Å²) in [6.07, 6.45) is 4.04. The number of rotatable bonds is 9. The summed E-state index contributed by atoms with van der Waals surface area (Å²) in [7, 11) is -3.42. The Morgan fingerprint density at radius 2 is 1.57 bits per heavy atom. The molecule has 0 aliphatic carbocycles. The van der Waals surface area contributed by atoms with Crippen LogP contribution in [0.15, 0.2) is 17.0 Å². The van der Waals surface area contributed by atoms with Gasteiger partial charge in [0.15, 0.2) is 0 Å². The summed E-state index contributed by atoms with van der Waals surface area (Å²) in [6.45, 7) is 9.30. The number of nitrogens with one attached hydrogen (secondary N) is 2. The molecule has 4 nitrogen and oxygen atoms in total. The molecule has 120 valence electrons. The second-order valence-electron chi connectivity index (χ2n) is 5.47. The molecular formula is C16H28N2O2S. The van der Waals surface area contributed by atoms with Crippen molar-refractivity contribution in [2.75, 3.05) is 18.4 Å². The molecule has 2 N–H and O–H groups in total. The lowest BCUT2D eigenvalue weighted by atomic mass is 10.1. The van der Waals surface area contributed by atoms with Crippen LogP contribution in [-0.4, -0.2) is 21.5 Å². The van der Waals surface area contributed by atoms with Gasteiger partial charge in [-0.1, -0.05) is 26.7 Å². The molecule has 0 unspecified atom stereocenters. The van der Waals surface area contributed by atoms with E-state index in [1.807, 2.05) is 26.0 Å². The summed E-state index contributed by atoms with van der Waals surface area (Å²) in [5, 5.41) is 3.30. The molecule has 0 amide bonds. The minimum absolute atomic E-state index is 0.418. The number of hydrogen-bond acceptors (Lipinski definition) is 3. The maximum Gasteiger partial charge on any atom is 0.241 e. The number of unbranched alkanes of at least 4 members (excludes halogenated alkanes) is 2. The van der Waals surface area contributed by atoms with Gasteiger partial charge in [-0.25, -0.2) is 13.1 Å². The molecule has 0 aliphatic rings. The highest BCUT2D eigenvalue weighted by atomic mass is 32.2. The predicted molar refractivity (Wildman–Crippen MR) is 89.4 cm³/mol. The van der Waals surface area contributed by atoms with E-state index in [1.54, 1.807) is 0 Å². The fraction of sp³-hybridized carbons (Fsp3) is 0.625. The Morgan fingerprint density at radius 3 is 2.10 bits per heavy atom. The number of sulfonamides is 1. The first-order valence-corrected chi connectivity index (χ1v) is 9.25. The van der Waals surface area contributed by atoms with Crippen molar-refractivity contribution < 1.29 is 8.42 Å². The van der Waals surface area contributed by atoms with Crippen LogP contribution in [0.5, 0.6) is 0 Å². The first-order valence-electron chi connectivity index (χ1n) is 7.77. The molecule has 1 aromatic carbocycles. The van der Waals surface area contributed by atoms with Gasteiger partial charge >= 0.3 is 0 Å². The van der Waals surface area contributed by atoms with Crippen LogP contribution in [0, 0.1) is 13.8 Å². The lowest BCUT2D eigenvalue weighted by Crippen LogP contribution is -2.26. The van der Waals surface area contributed by atoms with Crippen LogP contribution in [-0.2, 0) is 10.0 Å². The van der Waals surface area contributed by atoms with Crippen LogP contribution < -0.4 is 10.0 Å². The predicted octanol–water partition coefficient (Wildman–Crippen LogP) is 3.59. The van der Waals surface area contributed by atoms with Crippen molar-refractivity contribution in [1.29, 1.82) is 0 Å². The van der Waals surface area contributed by atoms with E-state index >= 15 is 0 Å². The Morgan fingerprint density at radius 1 is 0.952 bits per heavy atom. The van der Waals surface area contributed by atoms with Gasteiger partial charge < -0.3 is 5.32 Å². The standard InChI is InChI=1S/C16H28N2O2S/c1-5-7-8-10-18-21(19,20)16-13(3)11-15(12-14(16)4)17-9-6-2/h11-12,17-18H,5-10H2,1-4H3. The molecule has 1 aromatic rings. The van der Waals surface area contributed by atoms with Crippen molar-refractivity contribution >= 4 is 15.7 Å². The first kappa shape index (κ1) is 18.0. The Bertz CT molecular complexity index is 530. The molecule has 0 radical (unpaired) electrons. The lowest BCUT2D eigenvalue weighted by Gasteiger charge is -2.15. The second kappa shape index (κ2) is 8.39. The molecule has 0 aromatic heterocycles. The van der Waals surface area contributed by atoms with Crippen molar-refractivity contribution in [3.63, 3.8) is 0 Å². The minimum atomic E-state index is -3.42. The van der Waals surface area contributed by atoms with Gasteiger partial charge in [-0.15, -0.1) is 0 Å². The van der Waals surface area contributed by atoms with Crippen molar-refractivity contribution in [1.82, 2.24) is 4.72 Å². The zero-order chi connectivity index (χ0) is 15.9. The second-order valence-corrected chi connectivity index (χ2v) is 7.17. The number of aryl methyl sites for hydroxylation is 2. The number of benzene rings is 1. The van der Waals surface area contributed by atoms with Crippen molar-refractivity contribution in [3.8, 4) is 0 Å². The van der Waals surface area contributed by atoms with Gasteiger partial charge in [-0.05, 0) is 49.9 Å². The Labute approximate surface area is 129 Å². The van der Waals surface area contributed by atoms with Crippen molar-refractivity contribution in [3.05, 3.63) is 23.3 Å². The van der Waals surface area contributed by atoms with Gasteiger partial charge in [0.1, 0.15) is 0 Å². The van der Waals surface area contributed by atoms with E-state index < -0.39 is 10.0 Å². The van der Waals surface area contributed by atoms with E-state index in [9.17, 15) is 8.42 Å². The van der Waals surface area contributed by atoms with Crippen molar-refractivity contribution in [2.45, 2.75) is 58.3 Å². The highest BCUT2D eigenvalue weighted by Gasteiger charge is 2.19. The van der Waals surface area contributed by atoms with Crippen molar-refractivity contribution in [2.24, 2.45) is 0 Å². The minimum Gasteiger partial charge on any atom is -0.385 e. The molecule has 1 rings (SSSR count). The highest BCUT2D eigenvalue weighted by molar-refractivity contribution is 7.89. The Kier molecular flexibility index (Phi) is 7.18. The molecular weight excluding hydrogens is 284 g/mol. The SMILES string of the molecule is CCCCCNS(=O)(=O)c1c(C)cc(NCCC)cc1C. The summed E-state index contributed by atoms with van der Waals surface area (Å²) in [5.74, 6) is 0. The number of anilines is 1. The van der Waals surface area contributed by atoms with Crippen LogP contribution in [0.4, 0.5) is 5.69 Å². The van der Waals surface area contributed by atoms with Gasteiger partial charge in [0.05, 0.1) is 4.90 Å². The smallest absolute Gasteiger partial charge is 0.241 e. The van der Waals surface area contributed by atoms with Gasteiger partial charge in [0.2, 0.25) is 10.0 Å². The quantitative estimate of drug-likeness (QED) is 0.685. The van der Waals surface area contributed by atoms with Gasteiger partial charge in [-0.3, -0.25) is 0 Å². The molecule has 0 spiro atoms. The molecule has 0 bridgehead atoms. The highest BCUT2D eigenvalue weighted by Crippen LogP contribution is 2.24.